The van der Waals surface area contributed by atoms with Gasteiger partial charge in [-0.15, -0.1) is 0 Å². The van der Waals surface area contributed by atoms with E-state index in [4.69, 9.17) is 4.74 Å². The maximum absolute atomic E-state index is 5.47. The number of morpholine rings is 1. The lowest BCUT2D eigenvalue weighted by Crippen LogP contribution is -2.51. The largest absolute Gasteiger partial charge is 0.378 e. The summed E-state index contributed by atoms with van der Waals surface area (Å²) in [6, 6.07) is 1.33. The van der Waals surface area contributed by atoms with Crippen LogP contribution in [0.2, 0.25) is 0 Å². The van der Waals surface area contributed by atoms with Crippen molar-refractivity contribution in [1.82, 2.24) is 10.2 Å². The summed E-state index contributed by atoms with van der Waals surface area (Å²) >= 11 is 0. The fourth-order valence-corrected chi connectivity index (χ4v) is 2.45. The van der Waals surface area contributed by atoms with Gasteiger partial charge in [0.25, 0.3) is 0 Å². The highest BCUT2D eigenvalue weighted by Gasteiger charge is 2.22. The molecule has 2 heterocycles. The number of nitrogens with one attached hydrogen (secondary N) is 1. The predicted molar refractivity (Wildman–Crippen MR) is 57.5 cm³/mol. The lowest BCUT2D eigenvalue weighted by molar-refractivity contribution is 0.0492. The zero-order valence-electron chi connectivity index (χ0n) is 9.17. The summed E-state index contributed by atoms with van der Waals surface area (Å²) < 4.78 is 5.47. The Hall–Kier alpha value is -0.120. The molecule has 0 radical (unpaired) electrons. The number of piperidine rings is 1. The van der Waals surface area contributed by atoms with Crippen LogP contribution in [0.3, 0.4) is 0 Å². The van der Waals surface area contributed by atoms with E-state index in [1.165, 1.54) is 32.4 Å². The van der Waals surface area contributed by atoms with E-state index in [-0.39, 0.29) is 0 Å². The van der Waals surface area contributed by atoms with Gasteiger partial charge in [0.05, 0.1) is 13.2 Å². The lowest BCUT2D eigenvalue weighted by Gasteiger charge is -2.37. The van der Waals surface area contributed by atoms with E-state index in [1.807, 2.05) is 0 Å². The monoisotopic (exact) mass is 198 g/mol. The van der Waals surface area contributed by atoms with E-state index in [1.54, 1.807) is 0 Å². The van der Waals surface area contributed by atoms with Gasteiger partial charge in [-0.3, -0.25) is 4.90 Å². The molecule has 2 aliphatic heterocycles. The van der Waals surface area contributed by atoms with Gasteiger partial charge in [-0.1, -0.05) is 6.42 Å². The maximum atomic E-state index is 5.47. The first-order valence-corrected chi connectivity index (χ1v) is 5.91. The second kappa shape index (κ2) is 5.10. The Morgan fingerprint density at radius 3 is 3.07 bits per heavy atom. The minimum Gasteiger partial charge on any atom is -0.378 e. The van der Waals surface area contributed by atoms with Crippen LogP contribution < -0.4 is 5.32 Å². The fraction of sp³-hybridized carbons (Fsp3) is 1.00. The summed E-state index contributed by atoms with van der Waals surface area (Å²) in [4.78, 5) is 2.61. The average Bonchev–Trinajstić information content (AvgIpc) is 2.23. The van der Waals surface area contributed by atoms with Crippen molar-refractivity contribution < 1.29 is 4.74 Å². The molecule has 0 bridgehead atoms. The first-order chi connectivity index (χ1) is 6.86. The molecule has 14 heavy (non-hydrogen) atoms. The standard InChI is InChI=1S/C11H22N2O/c1-10-4-2-3-6-13(10)8-11-9-14-7-5-12-11/h10-12H,2-9H2,1H3/t10-,11+/m0/s1. The van der Waals surface area contributed by atoms with Crippen LogP contribution in [0.4, 0.5) is 0 Å². The van der Waals surface area contributed by atoms with E-state index in [2.05, 4.69) is 17.1 Å². The zero-order valence-corrected chi connectivity index (χ0v) is 9.17. The molecular formula is C11H22N2O. The van der Waals surface area contributed by atoms with E-state index in [9.17, 15) is 0 Å². The second-order valence-electron chi connectivity index (χ2n) is 4.57. The van der Waals surface area contributed by atoms with Crippen LogP contribution in [0.25, 0.3) is 0 Å². The van der Waals surface area contributed by atoms with E-state index < -0.39 is 0 Å². The Labute approximate surface area is 86.8 Å². The Morgan fingerprint density at radius 2 is 2.36 bits per heavy atom. The van der Waals surface area contributed by atoms with Crippen molar-refractivity contribution in [2.45, 2.75) is 38.3 Å². The van der Waals surface area contributed by atoms with Gasteiger partial charge in [0, 0.05) is 25.2 Å². The lowest BCUT2D eigenvalue weighted by atomic mass is 10.0. The van der Waals surface area contributed by atoms with Crippen molar-refractivity contribution in [2.75, 3.05) is 32.8 Å². The summed E-state index contributed by atoms with van der Waals surface area (Å²) in [6.45, 7) is 7.59. The smallest absolute Gasteiger partial charge is 0.0632 e. The van der Waals surface area contributed by atoms with Crippen LogP contribution in [0.15, 0.2) is 0 Å². The van der Waals surface area contributed by atoms with Crippen molar-refractivity contribution in [2.24, 2.45) is 0 Å². The van der Waals surface area contributed by atoms with Gasteiger partial charge in [-0.2, -0.15) is 0 Å². The maximum Gasteiger partial charge on any atom is 0.0632 e. The van der Waals surface area contributed by atoms with Gasteiger partial charge >= 0.3 is 0 Å². The molecule has 2 fully saturated rings. The molecule has 2 atom stereocenters. The predicted octanol–water partition coefficient (Wildman–Crippen LogP) is 0.849. The van der Waals surface area contributed by atoms with Crippen LogP contribution in [0.1, 0.15) is 26.2 Å². The molecule has 3 heteroatoms. The molecule has 0 spiro atoms. The molecule has 3 nitrogen and oxygen atoms in total. The molecule has 0 unspecified atom stereocenters. The summed E-state index contributed by atoms with van der Waals surface area (Å²) in [5.74, 6) is 0. The number of hydrogen-bond acceptors (Lipinski definition) is 3. The van der Waals surface area contributed by atoms with Gasteiger partial charge in [0.2, 0.25) is 0 Å². The number of rotatable bonds is 2. The minimum absolute atomic E-state index is 0.560. The normalized spacial score (nSPS) is 35.8. The molecule has 2 saturated heterocycles. The van der Waals surface area contributed by atoms with Crippen molar-refractivity contribution in [3.8, 4) is 0 Å². The van der Waals surface area contributed by atoms with Gasteiger partial charge in [-0.05, 0) is 26.3 Å². The Morgan fingerprint density at radius 1 is 1.43 bits per heavy atom. The minimum atomic E-state index is 0.560. The topological polar surface area (TPSA) is 24.5 Å². The Bertz CT molecular complexity index is 169. The highest BCUT2D eigenvalue weighted by Crippen LogP contribution is 2.16. The van der Waals surface area contributed by atoms with Gasteiger partial charge in [0.1, 0.15) is 0 Å². The first-order valence-electron chi connectivity index (χ1n) is 5.91. The summed E-state index contributed by atoms with van der Waals surface area (Å²) in [7, 11) is 0. The van der Waals surface area contributed by atoms with E-state index in [0.29, 0.717) is 6.04 Å². The van der Waals surface area contributed by atoms with Gasteiger partial charge < -0.3 is 10.1 Å². The molecule has 2 aliphatic rings. The third-order valence-corrected chi connectivity index (χ3v) is 3.39. The van der Waals surface area contributed by atoms with Crippen LogP contribution >= 0.6 is 0 Å². The van der Waals surface area contributed by atoms with Gasteiger partial charge in [-0.25, -0.2) is 0 Å². The number of likely N-dealkylation sites (tertiary alicyclic amines) is 1. The molecule has 0 saturated carbocycles. The van der Waals surface area contributed by atoms with E-state index >= 15 is 0 Å². The Balaban J connectivity index is 1.76. The third-order valence-electron chi connectivity index (χ3n) is 3.39. The third kappa shape index (κ3) is 2.69. The molecule has 82 valence electrons. The van der Waals surface area contributed by atoms with Crippen molar-refractivity contribution >= 4 is 0 Å². The quantitative estimate of drug-likeness (QED) is 0.712. The molecule has 0 aliphatic carbocycles. The molecule has 0 aromatic carbocycles. The Kier molecular flexibility index (Phi) is 3.79. The first kappa shape index (κ1) is 10.4. The molecular weight excluding hydrogens is 176 g/mol. The van der Waals surface area contributed by atoms with Gasteiger partial charge in [0.15, 0.2) is 0 Å². The number of nitrogens with zero attached hydrogens (tertiary/aromatic N) is 1. The van der Waals surface area contributed by atoms with Crippen LogP contribution in [-0.2, 0) is 4.74 Å². The second-order valence-corrected chi connectivity index (χ2v) is 4.57. The zero-order chi connectivity index (χ0) is 9.80. The average molecular weight is 198 g/mol. The summed E-state index contributed by atoms with van der Waals surface area (Å²) in [5.41, 5.74) is 0. The van der Waals surface area contributed by atoms with Crippen molar-refractivity contribution in [3.63, 3.8) is 0 Å². The van der Waals surface area contributed by atoms with Crippen LogP contribution in [0.5, 0.6) is 0 Å². The molecule has 0 aromatic heterocycles. The van der Waals surface area contributed by atoms with Crippen LogP contribution in [0, 0.1) is 0 Å². The van der Waals surface area contributed by atoms with Crippen molar-refractivity contribution in [3.05, 3.63) is 0 Å². The van der Waals surface area contributed by atoms with Crippen LogP contribution in [-0.4, -0.2) is 49.8 Å². The molecule has 0 aromatic rings. The highest BCUT2D eigenvalue weighted by atomic mass is 16.5. The molecule has 0 amide bonds. The summed E-state index contributed by atoms with van der Waals surface area (Å²) in [6.07, 6.45) is 4.15. The number of ether oxygens (including phenoxy) is 1. The highest BCUT2D eigenvalue weighted by molar-refractivity contribution is 4.80. The van der Waals surface area contributed by atoms with E-state index in [0.717, 1.165) is 25.8 Å². The SMILES string of the molecule is C[C@H]1CCCCN1C[C@@H]1COCCN1. The molecule has 2 rings (SSSR count). The number of hydrogen-bond donors (Lipinski definition) is 1. The molecule has 1 N–H and O–H groups in total. The summed E-state index contributed by atoms with van der Waals surface area (Å²) in [5, 5.41) is 3.52. The fourth-order valence-electron chi connectivity index (χ4n) is 2.45. The van der Waals surface area contributed by atoms with Crippen molar-refractivity contribution in [1.29, 1.82) is 0 Å².